The van der Waals surface area contributed by atoms with Crippen LogP contribution in [0.3, 0.4) is 0 Å². The van der Waals surface area contributed by atoms with Gasteiger partial charge in [-0.3, -0.25) is 0 Å². The minimum absolute atomic E-state index is 0.615. The molecule has 1 aromatic rings. The van der Waals surface area contributed by atoms with Gasteiger partial charge in [0.15, 0.2) is 0 Å². The Morgan fingerprint density at radius 1 is 1.07 bits per heavy atom. The van der Waals surface area contributed by atoms with E-state index in [9.17, 15) is 0 Å². The number of benzene rings is 1. The van der Waals surface area contributed by atoms with E-state index in [1.165, 1.54) is 0 Å². The van der Waals surface area contributed by atoms with Crippen LogP contribution in [-0.2, 0) is 12.8 Å². The Labute approximate surface area is 107 Å². The van der Waals surface area contributed by atoms with Crippen molar-refractivity contribution in [2.45, 2.75) is 39.5 Å². The van der Waals surface area contributed by atoms with Gasteiger partial charge in [0.25, 0.3) is 0 Å². The molecule has 0 N–H and O–H groups in total. The molecular weight excluding hydrogens is 250 g/mol. The quantitative estimate of drug-likeness (QED) is 0.626. The van der Waals surface area contributed by atoms with Crippen molar-refractivity contribution in [3.05, 3.63) is 32.3 Å². The molecule has 0 radical (unpaired) electrons. The van der Waals surface area contributed by atoms with Gasteiger partial charge in [0, 0.05) is 5.02 Å². The second-order valence-corrected chi connectivity index (χ2v) is 4.74. The molecule has 0 heterocycles. The van der Waals surface area contributed by atoms with Crippen molar-refractivity contribution in [1.29, 1.82) is 0 Å². The van der Waals surface area contributed by atoms with E-state index < -0.39 is 0 Å². The van der Waals surface area contributed by atoms with E-state index in [-0.39, 0.29) is 0 Å². The van der Waals surface area contributed by atoms with Crippen LogP contribution >= 0.6 is 34.8 Å². The van der Waals surface area contributed by atoms with E-state index in [2.05, 4.69) is 13.8 Å². The molecule has 0 amide bonds. The number of hydrogen-bond donors (Lipinski definition) is 0. The van der Waals surface area contributed by atoms with Crippen molar-refractivity contribution in [2.75, 3.05) is 0 Å². The summed E-state index contributed by atoms with van der Waals surface area (Å²) in [5, 5.41) is 2.02. The lowest BCUT2D eigenvalue weighted by atomic mass is 10.0. The zero-order chi connectivity index (χ0) is 11.4. The van der Waals surface area contributed by atoms with Crippen molar-refractivity contribution in [2.24, 2.45) is 0 Å². The van der Waals surface area contributed by atoms with Gasteiger partial charge in [-0.25, -0.2) is 0 Å². The maximum absolute atomic E-state index is 6.28. The van der Waals surface area contributed by atoms with Crippen molar-refractivity contribution in [3.63, 3.8) is 0 Å². The van der Waals surface area contributed by atoms with E-state index in [0.29, 0.717) is 10.0 Å². The minimum atomic E-state index is 0.615. The fraction of sp³-hybridized carbons (Fsp3) is 0.500. The summed E-state index contributed by atoms with van der Waals surface area (Å²) in [4.78, 5) is 0. The molecule has 0 saturated carbocycles. The molecule has 0 unspecified atom stereocenters. The van der Waals surface area contributed by atoms with Crippen molar-refractivity contribution < 1.29 is 0 Å². The first-order valence-electron chi connectivity index (χ1n) is 5.27. The third kappa shape index (κ3) is 3.03. The smallest absolute Gasteiger partial charge is 0.0639 e. The molecule has 0 spiro atoms. The molecule has 1 aromatic carbocycles. The number of hydrogen-bond acceptors (Lipinski definition) is 0. The lowest BCUT2D eigenvalue weighted by Crippen LogP contribution is -1.94. The van der Waals surface area contributed by atoms with Crippen LogP contribution in [0.25, 0.3) is 0 Å². The Hall–Kier alpha value is 0.0900. The normalized spacial score (nSPS) is 10.7. The van der Waals surface area contributed by atoms with Crippen LogP contribution in [0, 0.1) is 0 Å². The van der Waals surface area contributed by atoms with Gasteiger partial charge in [-0.15, -0.1) is 0 Å². The summed E-state index contributed by atoms with van der Waals surface area (Å²) in [6, 6.07) is 1.86. The van der Waals surface area contributed by atoms with E-state index in [0.717, 1.165) is 41.8 Å². The van der Waals surface area contributed by atoms with Gasteiger partial charge < -0.3 is 0 Å². The highest BCUT2D eigenvalue weighted by Crippen LogP contribution is 2.35. The van der Waals surface area contributed by atoms with Gasteiger partial charge >= 0.3 is 0 Å². The van der Waals surface area contributed by atoms with Gasteiger partial charge in [-0.05, 0) is 36.5 Å². The van der Waals surface area contributed by atoms with Gasteiger partial charge in [-0.2, -0.15) is 0 Å². The zero-order valence-corrected chi connectivity index (χ0v) is 11.3. The second-order valence-electron chi connectivity index (χ2n) is 3.58. The number of rotatable bonds is 4. The molecular formula is C12H15Cl3. The lowest BCUT2D eigenvalue weighted by molar-refractivity contribution is 0.794. The van der Waals surface area contributed by atoms with E-state index in [1.54, 1.807) is 0 Å². The lowest BCUT2D eigenvalue weighted by Gasteiger charge is -2.12. The number of aryl methyl sites for hydroxylation is 1. The summed E-state index contributed by atoms with van der Waals surface area (Å²) in [6.45, 7) is 4.21. The summed E-state index contributed by atoms with van der Waals surface area (Å²) in [5.41, 5.74) is 2.08. The summed E-state index contributed by atoms with van der Waals surface area (Å²) in [6.07, 6.45) is 4.00. The van der Waals surface area contributed by atoms with Crippen LogP contribution in [0.1, 0.15) is 37.8 Å². The van der Waals surface area contributed by atoms with Crippen LogP contribution in [-0.4, -0.2) is 0 Å². The molecule has 3 heteroatoms. The summed E-state index contributed by atoms with van der Waals surface area (Å²) in [7, 11) is 0. The minimum Gasteiger partial charge on any atom is -0.0837 e. The monoisotopic (exact) mass is 264 g/mol. The standard InChI is InChI=1S/C12H15Cl3/c1-3-5-6-9-11(14)8(4-2)7-10(13)12(9)15/h7H,3-6H2,1-2H3. The van der Waals surface area contributed by atoms with Gasteiger partial charge in [-0.1, -0.05) is 55.1 Å². The second kappa shape index (κ2) is 5.98. The average molecular weight is 266 g/mol. The first-order valence-corrected chi connectivity index (χ1v) is 6.40. The Morgan fingerprint density at radius 2 is 1.73 bits per heavy atom. The third-order valence-corrected chi connectivity index (χ3v) is 3.78. The highest BCUT2D eigenvalue weighted by Gasteiger charge is 2.13. The van der Waals surface area contributed by atoms with Crippen LogP contribution < -0.4 is 0 Å². The average Bonchev–Trinajstić information content (AvgIpc) is 2.23. The first-order chi connectivity index (χ1) is 7.11. The topological polar surface area (TPSA) is 0 Å². The molecule has 0 nitrogen and oxygen atoms in total. The van der Waals surface area contributed by atoms with Crippen molar-refractivity contribution in [3.8, 4) is 0 Å². The Kier molecular flexibility index (Phi) is 5.25. The largest absolute Gasteiger partial charge is 0.0837 e. The molecule has 0 saturated heterocycles. The van der Waals surface area contributed by atoms with Crippen LogP contribution in [0.4, 0.5) is 0 Å². The summed E-state index contributed by atoms with van der Waals surface area (Å²) >= 11 is 18.5. The first kappa shape index (κ1) is 13.2. The number of halogens is 3. The van der Waals surface area contributed by atoms with Gasteiger partial charge in [0.2, 0.25) is 0 Å². The Bertz CT molecular complexity index is 345. The Morgan fingerprint density at radius 3 is 2.27 bits per heavy atom. The fourth-order valence-electron chi connectivity index (χ4n) is 1.54. The highest BCUT2D eigenvalue weighted by molar-refractivity contribution is 6.44. The van der Waals surface area contributed by atoms with Gasteiger partial charge in [0.05, 0.1) is 10.0 Å². The van der Waals surface area contributed by atoms with E-state index in [1.807, 2.05) is 6.07 Å². The Balaban J connectivity index is 3.15. The number of unbranched alkanes of at least 4 members (excludes halogenated alkanes) is 1. The molecule has 0 aliphatic rings. The van der Waals surface area contributed by atoms with Gasteiger partial charge in [0.1, 0.15) is 0 Å². The fourth-order valence-corrected chi connectivity index (χ4v) is 2.46. The summed E-state index contributed by atoms with van der Waals surface area (Å²) in [5.74, 6) is 0. The molecule has 15 heavy (non-hydrogen) atoms. The van der Waals surface area contributed by atoms with Crippen molar-refractivity contribution >= 4 is 34.8 Å². The van der Waals surface area contributed by atoms with Crippen LogP contribution in [0.5, 0.6) is 0 Å². The maximum atomic E-state index is 6.28. The molecule has 0 aliphatic heterocycles. The molecule has 0 bridgehead atoms. The predicted octanol–water partition coefficient (Wildman–Crippen LogP) is 5.55. The highest BCUT2D eigenvalue weighted by atomic mass is 35.5. The molecule has 0 atom stereocenters. The molecule has 84 valence electrons. The molecule has 0 aromatic heterocycles. The molecule has 0 aliphatic carbocycles. The van der Waals surface area contributed by atoms with Crippen molar-refractivity contribution in [1.82, 2.24) is 0 Å². The summed E-state index contributed by atoms with van der Waals surface area (Å²) < 4.78 is 0. The van der Waals surface area contributed by atoms with Crippen LogP contribution in [0.15, 0.2) is 6.07 Å². The maximum Gasteiger partial charge on any atom is 0.0639 e. The SMILES string of the molecule is CCCCc1c(Cl)c(Cl)cc(CC)c1Cl. The molecule has 0 fully saturated rings. The van der Waals surface area contributed by atoms with Crippen LogP contribution in [0.2, 0.25) is 15.1 Å². The zero-order valence-electron chi connectivity index (χ0n) is 9.04. The molecule has 1 rings (SSSR count). The predicted molar refractivity (Wildman–Crippen MR) is 69.5 cm³/mol. The van der Waals surface area contributed by atoms with E-state index >= 15 is 0 Å². The van der Waals surface area contributed by atoms with E-state index in [4.69, 9.17) is 34.8 Å². The third-order valence-electron chi connectivity index (χ3n) is 2.48.